The molecule has 0 radical (unpaired) electrons. The number of furan rings is 1. The first-order chi connectivity index (χ1) is 10.0. The average molecular weight is 279 g/mol. The maximum atomic E-state index is 6.37. The number of benzene rings is 2. The van der Waals surface area contributed by atoms with E-state index in [4.69, 9.17) is 10.2 Å². The van der Waals surface area contributed by atoms with E-state index in [-0.39, 0.29) is 6.04 Å². The van der Waals surface area contributed by atoms with Gasteiger partial charge in [0.15, 0.2) is 0 Å². The first-order valence-corrected chi connectivity index (χ1v) is 7.35. The minimum atomic E-state index is -0.114. The van der Waals surface area contributed by atoms with Gasteiger partial charge in [0.05, 0.1) is 6.04 Å². The molecule has 0 amide bonds. The molecule has 3 aromatic rings. The van der Waals surface area contributed by atoms with Crippen LogP contribution in [0.4, 0.5) is 0 Å². The molecule has 0 aliphatic heterocycles. The van der Waals surface area contributed by atoms with Gasteiger partial charge in [0.25, 0.3) is 0 Å². The molecule has 0 bridgehead atoms. The van der Waals surface area contributed by atoms with Crippen molar-refractivity contribution in [3.05, 3.63) is 70.5 Å². The Bertz CT molecular complexity index is 785. The highest BCUT2D eigenvalue weighted by Gasteiger charge is 2.14. The first kappa shape index (κ1) is 13.9. The molecule has 0 aliphatic carbocycles. The van der Waals surface area contributed by atoms with E-state index < -0.39 is 0 Å². The average Bonchev–Trinajstić information content (AvgIpc) is 2.88. The zero-order chi connectivity index (χ0) is 15.0. The van der Waals surface area contributed by atoms with E-state index in [1.165, 1.54) is 16.7 Å². The van der Waals surface area contributed by atoms with Gasteiger partial charge in [-0.3, -0.25) is 0 Å². The molecule has 0 aliphatic rings. The molecule has 2 nitrogen and oxygen atoms in total. The van der Waals surface area contributed by atoms with E-state index in [0.717, 1.165) is 28.7 Å². The van der Waals surface area contributed by atoms with Crippen LogP contribution in [-0.2, 0) is 6.42 Å². The van der Waals surface area contributed by atoms with Crippen LogP contribution in [0.2, 0.25) is 0 Å². The van der Waals surface area contributed by atoms with Gasteiger partial charge < -0.3 is 10.2 Å². The Balaban J connectivity index is 1.91. The van der Waals surface area contributed by atoms with Crippen LogP contribution in [0.1, 0.15) is 34.1 Å². The monoisotopic (exact) mass is 279 g/mol. The van der Waals surface area contributed by atoms with E-state index in [0.29, 0.717) is 0 Å². The van der Waals surface area contributed by atoms with Crippen LogP contribution in [0.5, 0.6) is 0 Å². The lowest BCUT2D eigenvalue weighted by Crippen LogP contribution is -2.13. The lowest BCUT2D eigenvalue weighted by Gasteiger charge is -2.12. The van der Waals surface area contributed by atoms with E-state index >= 15 is 0 Å². The van der Waals surface area contributed by atoms with Gasteiger partial charge >= 0.3 is 0 Å². The normalized spacial score (nSPS) is 12.8. The smallest absolute Gasteiger partial charge is 0.137 e. The summed E-state index contributed by atoms with van der Waals surface area (Å²) in [5.74, 6) is 0.861. The number of nitrogens with two attached hydrogens (primary N) is 1. The van der Waals surface area contributed by atoms with Crippen molar-refractivity contribution in [2.45, 2.75) is 33.2 Å². The van der Waals surface area contributed by atoms with Crippen molar-refractivity contribution in [2.24, 2.45) is 5.73 Å². The van der Waals surface area contributed by atoms with Crippen molar-refractivity contribution in [3.8, 4) is 0 Å². The number of aryl methyl sites for hydroxylation is 3. The Morgan fingerprint density at radius 3 is 2.57 bits per heavy atom. The fraction of sp³-hybridized carbons (Fsp3) is 0.263. The van der Waals surface area contributed by atoms with Gasteiger partial charge in [0.1, 0.15) is 11.3 Å². The Morgan fingerprint density at radius 1 is 1.00 bits per heavy atom. The number of para-hydroxylation sites is 1. The molecular weight excluding hydrogens is 258 g/mol. The molecule has 1 heterocycles. The maximum absolute atomic E-state index is 6.37. The second kappa shape index (κ2) is 5.38. The number of rotatable bonds is 3. The second-order valence-electron chi connectivity index (χ2n) is 5.88. The van der Waals surface area contributed by atoms with Crippen LogP contribution in [0, 0.1) is 20.8 Å². The Kier molecular flexibility index (Phi) is 3.56. The molecule has 1 unspecified atom stereocenters. The summed E-state index contributed by atoms with van der Waals surface area (Å²) in [6.07, 6.45) is 0.798. The van der Waals surface area contributed by atoms with Crippen LogP contribution in [0.25, 0.3) is 11.0 Å². The molecular formula is C19H21NO. The van der Waals surface area contributed by atoms with Gasteiger partial charge in [-0.25, -0.2) is 0 Å². The molecule has 21 heavy (non-hydrogen) atoms. The van der Waals surface area contributed by atoms with Crippen LogP contribution in [0.3, 0.4) is 0 Å². The van der Waals surface area contributed by atoms with Crippen molar-refractivity contribution >= 4 is 11.0 Å². The third kappa shape index (κ3) is 2.72. The van der Waals surface area contributed by atoms with Gasteiger partial charge in [-0.15, -0.1) is 0 Å². The standard InChI is InChI=1S/C19H21NO/c1-12-7-8-13(2)16(9-12)10-17(20)18-11-15-6-4-5-14(3)19(15)21-18/h4-9,11,17H,10,20H2,1-3H3. The highest BCUT2D eigenvalue weighted by atomic mass is 16.3. The third-order valence-electron chi connectivity index (χ3n) is 4.07. The van der Waals surface area contributed by atoms with Crippen LogP contribution in [0.15, 0.2) is 46.9 Å². The zero-order valence-corrected chi connectivity index (χ0v) is 12.8. The molecule has 2 aromatic carbocycles. The molecule has 2 heteroatoms. The summed E-state index contributed by atoms with van der Waals surface area (Å²) in [6, 6.07) is 14.6. The van der Waals surface area contributed by atoms with Crippen molar-refractivity contribution in [1.82, 2.24) is 0 Å². The Morgan fingerprint density at radius 2 is 1.81 bits per heavy atom. The minimum Gasteiger partial charge on any atom is -0.459 e. The van der Waals surface area contributed by atoms with Gasteiger partial charge in [-0.1, -0.05) is 42.0 Å². The molecule has 0 spiro atoms. The van der Waals surface area contributed by atoms with Gasteiger partial charge in [0.2, 0.25) is 0 Å². The summed E-state index contributed by atoms with van der Waals surface area (Å²) in [7, 11) is 0. The number of hydrogen-bond acceptors (Lipinski definition) is 2. The summed E-state index contributed by atoms with van der Waals surface area (Å²) in [5.41, 5.74) is 12.3. The fourth-order valence-corrected chi connectivity index (χ4v) is 2.77. The van der Waals surface area contributed by atoms with Gasteiger partial charge in [0, 0.05) is 5.39 Å². The van der Waals surface area contributed by atoms with Gasteiger partial charge in [-0.2, -0.15) is 0 Å². The predicted octanol–water partition coefficient (Wildman–Crippen LogP) is 4.60. The third-order valence-corrected chi connectivity index (χ3v) is 4.07. The molecule has 0 saturated heterocycles. The predicted molar refractivity (Wildman–Crippen MR) is 87.5 cm³/mol. The summed E-state index contributed by atoms with van der Waals surface area (Å²) >= 11 is 0. The quantitative estimate of drug-likeness (QED) is 0.761. The van der Waals surface area contributed by atoms with Crippen molar-refractivity contribution in [3.63, 3.8) is 0 Å². The van der Waals surface area contributed by atoms with Crippen molar-refractivity contribution < 1.29 is 4.42 Å². The maximum Gasteiger partial charge on any atom is 0.137 e. The van der Waals surface area contributed by atoms with Gasteiger partial charge in [-0.05, 0) is 49.9 Å². The Hall–Kier alpha value is -2.06. The molecule has 1 atom stereocenters. The lowest BCUT2D eigenvalue weighted by atomic mass is 9.98. The fourth-order valence-electron chi connectivity index (χ4n) is 2.77. The molecule has 0 fully saturated rings. The summed E-state index contributed by atoms with van der Waals surface area (Å²) in [4.78, 5) is 0. The molecule has 0 saturated carbocycles. The van der Waals surface area contributed by atoms with Crippen LogP contribution < -0.4 is 5.73 Å². The van der Waals surface area contributed by atoms with Crippen molar-refractivity contribution in [1.29, 1.82) is 0 Å². The van der Waals surface area contributed by atoms with E-state index in [1.54, 1.807) is 0 Å². The molecule has 1 aromatic heterocycles. The summed E-state index contributed by atoms with van der Waals surface area (Å²) in [6.45, 7) is 6.30. The topological polar surface area (TPSA) is 39.2 Å². The summed E-state index contributed by atoms with van der Waals surface area (Å²) < 4.78 is 5.98. The highest BCUT2D eigenvalue weighted by molar-refractivity contribution is 5.81. The molecule has 3 rings (SSSR count). The van der Waals surface area contributed by atoms with Crippen LogP contribution in [-0.4, -0.2) is 0 Å². The molecule has 2 N–H and O–H groups in total. The van der Waals surface area contributed by atoms with E-state index in [2.05, 4.69) is 57.2 Å². The highest BCUT2D eigenvalue weighted by Crippen LogP contribution is 2.27. The van der Waals surface area contributed by atoms with E-state index in [9.17, 15) is 0 Å². The van der Waals surface area contributed by atoms with Crippen LogP contribution >= 0.6 is 0 Å². The second-order valence-corrected chi connectivity index (χ2v) is 5.88. The summed E-state index contributed by atoms with van der Waals surface area (Å²) in [5, 5.41) is 1.13. The number of hydrogen-bond donors (Lipinski definition) is 1. The SMILES string of the molecule is Cc1ccc(C)c(CC(N)c2cc3cccc(C)c3o2)c1. The number of fused-ring (bicyclic) bond motifs is 1. The van der Waals surface area contributed by atoms with Crippen molar-refractivity contribution in [2.75, 3.05) is 0 Å². The Labute approximate surface area is 125 Å². The zero-order valence-electron chi connectivity index (χ0n) is 12.8. The molecule has 108 valence electrons. The lowest BCUT2D eigenvalue weighted by molar-refractivity contribution is 0.492. The minimum absolute atomic E-state index is 0.114. The largest absolute Gasteiger partial charge is 0.459 e. The van der Waals surface area contributed by atoms with E-state index in [1.807, 2.05) is 6.07 Å². The first-order valence-electron chi connectivity index (χ1n) is 7.35.